The van der Waals surface area contributed by atoms with Crippen LogP contribution in [0.5, 0.6) is 0 Å². The summed E-state index contributed by atoms with van der Waals surface area (Å²) >= 11 is 0. The molecule has 1 aliphatic rings. The van der Waals surface area contributed by atoms with E-state index in [0.717, 1.165) is 24.5 Å². The fourth-order valence-electron chi connectivity index (χ4n) is 2.81. The maximum atomic E-state index is 12.9. The van der Waals surface area contributed by atoms with Gasteiger partial charge in [0.15, 0.2) is 5.69 Å². The third-order valence-electron chi connectivity index (χ3n) is 4.45. The fraction of sp³-hybridized carbons (Fsp3) is 0.588. The average Bonchev–Trinajstić information content (AvgIpc) is 3.17. The van der Waals surface area contributed by atoms with Crippen molar-refractivity contribution in [2.45, 2.75) is 57.8 Å². The van der Waals surface area contributed by atoms with Crippen molar-refractivity contribution in [3.8, 4) is 0 Å². The minimum Gasteiger partial charge on any atom is -0.354 e. The Morgan fingerprint density at radius 1 is 1.42 bits per heavy atom. The van der Waals surface area contributed by atoms with Gasteiger partial charge in [0.2, 0.25) is 5.91 Å². The van der Waals surface area contributed by atoms with E-state index >= 15 is 0 Å². The maximum Gasteiger partial charge on any atom is 0.435 e. The Morgan fingerprint density at radius 3 is 2.73 bits per heavy atom. The summed E-state index contributed by atoms with van der Waals surface area (Å²) in [6.45, 7) is 4.35. The summed E-state index contributed by atoms with van der Waals surface area (Å²) in [4.78, 5) is 12.1. The average molecular weight is 369 g/mol. The molecule has 2 aromatic heterocycles. The molecule has 0 aliphatic heterocycles. The Hall–Kier alpha value is -2.32. The third-order valence-corrected chi connectivity index (χ3v) is 4.45. The molecular weight excluding hydrogens is 347 g/mol. The van der Waals surface area contributed by atoms with Crippen molar-refractivity contribution in [1.82, 2.24) is 24.9 Å². The lowest BCUT2D eigenvalue weighted by molar-refractivity contribution is -0.141. The number of aromatic nitrogens is 4. The number of alkyl halides is 3. The second-order valence-corrected chi connectivity index (χ2v) is 6.77. The molecule has 0 radical (unpaired) electrons. The Morgan fingerprint density at radius 2 is 2.15 bits per heavy atom. The minimum atomic E-state index is -4.43. The number of halogens is 3. The highest BCUT2D eigenvalue weighted by Gasteiger charge is 2.37. The molecule has 1 amide bonds. The molecule has 0 bridgehead atoms. The highest BCUT2D eigenvalue weighted by Crippen LogP contribution is 2.42. The molecule has 3 rings (SSSR count). The molecule has 6 nitrogen and oxygen atoms in total. The maximum absolute atomic E-state index is 12.9. The zero-order valence-corrected chi connectivity index (χ0v) is 14.8. The Bertz CT molecular complexity index is 776. The van der Waals surface area contributed by atoms with Crippen LogP contribution < -0.4 is 5.32 Å². The molecule has 1 unspecified atom stereocenters. The van der Waals surface area contributed by atoms with Crippen molar-refractivity contribution in [2.24, 2.45) is 0 Å². The van der Waals surface area contributed by atoms with Crippen LogP contribution in [-0.4, -0.2) is 32.0 Å². The molecule has 1 aliphatic carbocycles. The van der Waals surface area contributed by atoms with Crippen LogP contribution in [0.1, 0.15) is 55.1 Å². The number of amides is 1. The number of hydrogen-bond donors (Lipinski definition) is 1. The summed E-state index contributed by atoms with van der Waals surface area (Å²) in [5.41, 5.74) is 0.770. The van der Waals surface area contributed by atoms with Crippen LogP contribution in [-0.2, 0) is 17.5 Å². The van der Waals surface area contributed by atoms with E-state index in [0.29, 0.717) is 25.2 Å². The van der Waals surface area contributed by atoms with E-state index in [1.54, 1.807) is 24.0 Å². The van der Waals surface area contributed by atoms with Gasteiger partial charge in [-0.1, -0.05) is 0 Å². The highest BCUT2D eigenvalue weighted by atomic mass is 19.4. The van der Waals surface area contributed by atoms with E-state index in [2.05, 4.69) is 15.5 Å². The molecule has 0 saturated heterocycles. The molecule has 0 spiro atoms. The molecule has 1 N–H and O–H groups in total. The fourth-order valence-corrected chi connectivity index (χ4v) is 2.81. The molecule has 26 heavy (non-hydrogen) atoms. The van der Waals surface area contributed by atoms with Crippen LogP contribution in [0.15, 0.2) is 18.5 Å². The first-order valence-electron chi connectivity index (χ1n) is 8.69. The topological polar surface area (TPSA) is 64.7 Å². The van der Waals surface area contributed by atoms with Gasteiger partial charge < -0.3 is 5.32 Å². The first-order chi connectivity index (χ1) is 12.3. The quantitative estimate of drug-likeness (QED) is 0.763. The molecule has 142 valence electrons. The number of aryl methyl sites for hydroxylation is 2. The number of carbonyl (C=O) groups is 1. The van der Waals surface area contributed by atoms with Gasteiger partial charge in [0.05, 0.1) is 6.20 Å². The molecule has 1 fully saturated rings. The Balaban J connectivity index is 1.52. The number of hydrogen-bond acceptors (Lipinski definition) is 3. The zero-order chi connectivity index (χ0) is 18.9. The molecular formula is C17H22F3N5O. The van der Waals surface area contributed by atoms with Crippen molar-refractivity contribution in [3.63, 3.8) is 0 Å². The molecule has 9 heteroatoms. The lowest BCUT2D eigenvalue weighted by Gasteiger charge is -2.13. The predicted octanol–water partition coefficient (Wildman–Crippen LogP) is 3.05. The minimum absolute atomic E-state index is 0.174. The van der Waals surface area contributed by atoms with Crippen LogP contribution in [0.3, 0.4) is 0 Å². The third kappa shape index (κ3) is 4.25. The predicted molar refractivity (Wildman–Crippen MR) is 88.5 cm³/mol. The Kier molecular flexibility index (Phi) is 5.06. The highest BCUT2D eigenvalue weighted by molar-refractivity contribution is 5.79. The van der Waals surface area contributed by atoms with Gasteiger partial charge in [-0.3, -0.25) is 14.2 Å². The van der Waals surface area contributed by atoms with Crippen LogP contribution in [0, 0.1) is 6.92 Å². The van der Waals surface area contributed by atoms with Crippen LogP contribution in [0.4, 0.5) is 13.2 Å². The van der Waals surface area contributed by atoms with Gasteiger partial charge in [0, 0.05) is 30.9 Å². The summed E-state index contributed by atoms with van der Waals surface area (Å²) < 4.78 is 41.6. The van der Waals surface area contributed by atoms with Gasteiger partial charge in [-0.2, -0.15) is 23.4 Å². The summed E-state index contributed by atoms with van der Waals surface area (Å²) in [5, 5.41) is 10.6. The standard InChI is InChI=1S/C17H22F3N5O/c1-11-9-22-25(10-11)12(2)16(26)21-6-3-7-24-14(13-4-5-13)8-15(23-24)17(18,19)20/h8-10,12-13H,3-7H2,1-2H3,(H,21,26). The number of nitrogens with zero attached hydrogens (tertiary/aromatic N) is 4. The van der Waals surface area contributed by atoms with Crippen molar-refractivity contribution < 1.29 is 18.0 Å². The van der Waals surface area contributed by atoms with Gasteiger partial charge in [0.1, 0.15) is 6.04 Å². The smallest absolute Gasteiger partial charge is 0.354 e. The summed E-state index contributed by atoms with van der Waals surface area (Å²) in [5.74, 6) is 0.00299. The summed E-state index contributed by atoms with van der Waals surface area (Å²) in [6, 6.07) is 0.713. The monoisotopic (exact) mass is 369 g/mol. The molecule has 2 heterocycles. The van der Waals surface area contributed by atoms with Gasteiger partial charge in [0.25, 0.3) is 0 Å². The van der Waals surface area contributed by atoms with E-state index in [4.69, 9.17) is 0 Å². The first kappa shape index (κ1) is 18.5. The van der Waals surface area contributed by atoms with E-state index in [1.165, 1.54) is 4.68 Å². The van der Waals surface area contributed by atoms with Crippen LogP contribution in [0.25, 0.3) is 0 Å². The van der Waals surface area contributed by atoms with Crippen molar-refractivity contribution in [1.29, 1.82) is 0 Å². The zero-order valence-electron chi connectivity index (χ0n) is 14.8. The van der Waals surface area contributed by atoms with Gasteiger partial charge in [-0.05, 0) is 44.7 Å². The molecule has 1 saturated carbocycles. The SMILES string of the molecule is Cc1cnn(C(C)C(=O)NCCCn2nc(C(F)(F)F)cc2C2CC2)c1. The van der Waals surface area contributed by atoms with E-state index in [1.807, 2.05) is 6.92 Å². The summed E-state index contributed by atoms with van der Waals surface area (Å²) in [7, 11) is 0. The first-order valence-corrected chi connectivity index (χ1v) is 8.69. The largest absolute Gasteiger partial charge is 0.435 e. The molecule has 0 aromatic carbocycles. The second-order valence-electron chi connectivity index (χ2n) is 6.77. The number of nitrogens with one attached hydrogen (secondary N) is 1. The lowest BCUT2D eigenvalue weighted by Crippen LogP contribution is -2.32. The van der Waals surface area contributed by atoms with E-state index in [-0.39, 0.29) is 11.8 Å². The second kappa shape index (κ2) is 7.13. The Labute approximate surface area is 149 Å². The number of rotatable bonds is 7. The van der Waals surface area contributed by atoms with Gasteiger partial charge in [-0.25, -0.2) is 0 Å². The van der Waals surface area contributed by atoms with Gasteiger partial charge >= 0.3 is 6.18 Å². The summed E-state index contributed by atoms with van der Waals surface area (Å²) in [6.07, 6.45) is 1.35. The van der Waals surface area contributed by atoms with E-state index < -0.39 is 17.9 Å². The normalized spacial score (nSPS) is 15.9. The van der Waals surface area contributed by atoms with Crippen molar-refractivity contribution in [2.75, 3.05) is 6.54 Å². The van der Waals surface area contributed by atoms with Gasteiger partial charge in [-0.15, -0.1) is 0 Å². The van der Waals surface area contributed by atoms with E-state index in [9.17, 15) is 18.0 Å². The lowest BCUT2D eigenvalue weighted by atomic mass is 10.2. The van der Waals surface area contributed by atoms with Crippen molar-refractivity contribution in [3.05, 3.63) is 35.4 Å². The molecule has 1 atom stereocenters. The van der Waals surface area contributed by atoms with Crippen LogP contribution in [0.2, 0.25) is 0 Å². The van der Waals surface area contributed by atoms with Crippen LogP contribution >= 0.6 is 0 Å². The molecule has 2 aromatic rings. The van der Waals surface area contributed by atoms with Crippen molar-refractivity contribution >= 4 is 5.91 Å². The number of carbonyl (C=O) groups excluding carboxylic acids is 1.